The highest BCUT2D eigenvalue weighted by Crippen LogP contribution is 2.20. The van der Waals surface area contributed by atoms with E-state index in [4.69, 9.17) is 0 Å². The minimum Gasteiger partial charge on any atom is -0.329 e. The Balaban J connectivity index is 2.84. The molecule has 0 spiro atoms. The molecule has 1 unspecified atom stereocenters. The van der Waals surface area contributed by atoms with Gasteiger partial charge in [0.25, 0.3) is 0 Å². The van der Waals surface area contributed by atoms with E-state index in [2.05, 4.69) is 68.5 Å². The maximum Gasteiger partial charge on any atom is 0.0951 e. The molecule has 110 valence electrons. The molecule has 1 aromatic heterocycles. The summed E-state index contributed by atoms with van der Waals surface area (Å²) in [5, 5.41) is 3.54. The monoisotopic (exact) mass is 266 g/mol. The van der Waals surface area contributed by atoms with Gasteiger partial charge in [0, 0.05) is 30.9 Å². The Labute approximate surface area is 118 Å². The van der Waals surface area contributed by atoms with Crippen LogP contribution < -0.4 is 5.32 Å². The second-order valence-electron chi connectivity index (χ2n) is 6.97. The van der Waals surface area contributed by atoms with Crippen LogP contribution in [0.5, 0.6) is 0 Å². The lowest BCUT2D eigenvalue weighted by molar-refractivity contribution is 0.262. The van der Waals surface area contributed by atoms with Crippen molar-refractivity contribution in [3.8, 4) is 0 Å². The summed E-state index contributed by atoms with van der Waals surface area (Å²) in [5.74, 6) is 0.588. The predicted molar refractivity (Wildman–Crippen MR) is 81.2 cm³/mol. The van der Waals surface area contributed by atoms with Crippen molar-refractivity contribution in [2.45, 2.75) is 52.7 Å². The third-order valence-corrected chi connectivity index (χ3v) is 3.23. The average Bonchev–Trinajstić information content (AvgIpc) is 2.69. The third kappa shape index (κ3) is 5.33. The van der Waals surface area contributed by atoms with Gasteiger partial charge >= 0.3 is 0 Å². The summed E-state index contributed by atoms with van der Waals surface area (Å²) in [4.78, 5) is 6.58. The molecule has 0 saturated carbocycles. The van der Waals surface area contributed by atoms with Crippen LogP contribution in [-0.2, 0) is 6.54 Å². The highest BCUT2D eigenvalue weighted by atomic mass is 15.2. The Kier molecular flexibility index (Phi) is 5.56. The van der Waals surface area contributed by atoms with Gasteiger partial charge in [-0.3, -0.25) is 0 Å². The summed E-state index contributed by atoms with van der Waals surface area (Å²) in [6.45, 7) is 13.0. The molecule has 1 rings (SSSR count). The summed E-state index contributed by atoms with van der Waals surface area (Å²) in [7, 11) is 4.25. The predicted octanol–water partition coefficient (Wildman–Crippen LogP) is 2.53. The first-order chi connectivity index (χ1) is 8.70. The van der Waals surface area contributed by atoms with Crippen molar-refractivity contribution >= 4 is 0 Å². The van der Waals surface area contributed by atoms with Gasteiger partial charge in [0.05, 0.1) is 12.0 Å². The largest absolute Gasteiger partial charge is 0.329 e. The van der Waals surface area contributed by atoms with Crippen molar-refractivity contribution in [1.29, 1.82) is 0 Å². The highest BCUT2D eigenvalue weighted by Gasteiger charge is 2.19. The van der Waals surface area contributed by atoms with Gasteiger partial charge in [-0.05, 0) is 40.8 Å². The SMILES string of the molecule is CC(C)C(CN(C)C)n1cncc1CNC(C)(C)C. The second-order valence-corrected chi connectivity index (χ2v) is 6.97. The first kappa shape index (κ1) is 16.2. The molecular weight excluding hydrogens is 236 g/mol. The normalized spacial score (nSPS) is 14.4. The van der Waals surface area contributed by atoms with Crippen molar-refractivity contribution in [2.75, 3.05) is 20.6 Å². The van der Waals surface area contributed by atoms with E-state index >= 15 is 0 Å². The molecule has 0 fully saturated rings. The maximum absolute atomic E-state index is 4.34. The van der Waals surface area contributed by atoms with Gasteiger partial charge in [0.2, 0.25) is 0 Å². The van der Waals surface area contributed by atoms with E-state index < -0.39 is 0 Å². The van der Waals surface area contributed by atoms with E-state index in [1.54, 1.807) is 0 Å². The molecule has 0 aliphatic heterocycles. The van der Waals surface area contributed by atoms with E-state index in [9.17, 15) is 0 Å². The topological polar surface area (TPSA) is 33.1 Å². The summed E-state index contributed by atoms with van der Waals surface area (Å²) in [5.41, 5.74) is 1.39. The highest BCUT2D eigenvalue weighted by molar-refractivity contribution is 5.02. The molecule has 0 aliphatic carbocycles. The van der Waals surface area contributed by atoms with Crippen molar-refractivity contribution < 1.29 is 0 Å². The van der Waals surface area contributed by atoms with Crippen LogP contribution in [0.4, 0.5) is 0 Å². The molecule has 0 radical (unpaired) electrons. The fourth-order valence-corrected chi connectivity index (χ4v) is 2.12. The number of nitrogens with zero attached hydrogens (tertiary/aromatic N) is 3. The number of nitrogens with one attached hydrogen (secondary N) is 1. The zero-order chi connectivity index (χ0) is 14.6. The Bertz CT molecular complexity index is 374. The average molecular weight is 266 g/mol. The standard InChI is InChI=1S/C15H30N4/c1-12(2)14(10-18(6)7)19-11-16-8-13(19)9-17-15(3,4)5/h8,11-12,14,17H,9-10H2,1-7H3. The quantitative estimate of drug-likeness (QED) is 0.859. The lowest BCUT2D eigenvalue weighted by Crippen LogP contribution is -2.36. The van der Waals surface area contributed by atoms with Crippen LogP contribution in [0.25, 0.3) is 0 Å². The third-order valence-electron chi connectivity index (χ3n) is 3.23. The van der Waals surface area contributed by atoms with Gasteiger partial charge in [0.15, 0.2) is 0 Å². The zero-order valence-corrected chi connectivity index (χ0v) is 13.6. The molecule has 0 bridgehead atoms. The molecule has 0 aromatic carbocycles. The molecule has 0 saturated heterocycles. The Morgan fingerprint density at radius 3 is 2.42 bits per heavy atom. The zero-order valence-electron chi connectivity index (χ0n) is 13.6. The Morgan fingerprint density at radius 2 is 1.95 bits per heavy atom. The smallest absolute Gasteiger partial charge is 0.0951 e. The van der Waals surface area contributed by atoms with Crippen molar-refractivity contribution in [1.82, 2.24) is 19.8 Å². The van der Waals surface area contributed by atoms with Crippen molar-refractivity contribution in [2.24, 2.45) is 5.92 Å². The molecule has 1 heterocycles. The summed E-state index contributed by atoms with van der Waals surface area (Å²) < 4.78 is 2.32. The van der Waals surface area contributed by atoms with E-state index in [0.29, 0.717) is 12.0 Å². The van der Waals surface area contributed by atoms with E-state index in [1.807, 2.05) is 12.5 Å². The minimum absolute atomic E-state index is 0.129. The van der Waals surface area contributed by atoms with Crippen LogP contribution in [0.2, 0.25) is 0 Å². The number of imidazole rings is 1. The first-order valence-corrected chi connectivity index (χ1v) is 7.11. The number of rotatable bonds is 6. The summed E-state index contributed by atoms with van der Waals surface area (Å²) >= 11 is 0. The van der Waals surface area contributed by atoms with E-state index in [1.165, 1.54) is 5.69 Å². The van der Waals surface area contributed by atoms with Gasteiger partial charge in [0.1, 0.15) is 0 Å². The Hall–Kier alpha value is -0.870. The fourth-order valence-electron chi connectivity index (χ4n) is 2.12. The second kappa shape index (κ2) is 6.53. The summed E-state index contributed by atoms with van der Waals surface area (Å²) in [6.07, 6.45) is 3.94. The van der Waals surface area contributed by atoms with Gasteiger partial charge in [-0.1, -0.05) is 13.8 Å². The van der Waals surface area contributed by atoms with Gasteiger partial charge in [-0.2, -0.15) is 0 Å². The van der Waals surface area contributed by atoms with Crippen LogP contribution in [-0.4, -0.2) is 40.6 Å². The number of likely N-dealkylation sites (N-methyl/N-ethyl adjacent to an activating group) is 1. The number of hydrogen-bond acceptors (Lipinski definition) is 3. The number of aromatic nitrogens is 2. The molecule has 0 aliphatic rings. The maximum atomic E-state index is 4.34. The van der Waals surface area contributed by atoms with Crippen molar-refractivity contribution in [3.05, 3.63) is 18.2 Å². The molecule has 1 atom stereocenters. The van der Waals surface area contributed by atoms with E-state index in [-0.39, 0.29) is 5.54 Å². The Morgan fingerprint density at radius 1 is 1.32 bits per heavy atom. The molecular formula is C15H30N4. The van der Waals surface area contributed by atoms with Crippen LogP contribution in [0.15, 0.2) is 12.5 Å². The molecule has 19 heavy (non-hydrogen) atoms. The fraction of sp³-hybridized carbons (Fsp3) is 0.800. The lowest BCUT2D eigenvalue weighted by Gasteiger charge is -2.28. The molecule has 1 aromatic rings. The van der Waals surface area contributed by atoms with E-state index in [0.717, 1.165) is 13.1 Å². The molecule has 4 nitrogen and oxygen atoms in total. The number of hydrogen-bond donors (Lipinski definition) is 1. The van der Waals surface area contributed by atoms with Crippen LogP contribution >= 0.6 is 0 Å². The molecule has 0 amide bonds. The van der Waals surface area contributed by atoms with Crippen LogP contribution in [0.3, 0.4) is 0 Å². The van der Waals surface area contributed by atoms with Gasteiger partial charge in [-0.25, -0.2) is 4.98 Å². The van der Waals surface area contributed by atoms with Gasteiger partial charge < -0.3 is 14.8 Å². The van der Waals surface area contributed by atoms with Crippen LogP contribution in [0.1, 0.15) is 46.4 Å². The molecule has 4 heteroatoms. The first-order valence-electron chi connectivity index (χ1n) is 7.11. The lowest BCUT2D eigenvalue weighted by atomic mass is 10.0. The van der Waals surface area contributed by atoms with Crippen LogP contribution in [0, 0.1) is 5.92 Å². The van der Waals surface area contributed by atoms with Gasteiger partial charge in [-0.15, -0.1) is 0 Å². The molecule has 1 N–H and O–H groups in total. The van der Waals surface area contributed by atoms with Crippen molar-refractivity contribution in [3.63, 3.8) is 0 Å². The summed E-state index contributed by atoms with van der Waals surface area (Å²) in [6, 6.07) is 0.467. The minimum atomic E-state index is 0.129.